The van der Waals surface area contributed by atoms with E-state index in [0.29, 0.717) is 50.0 Å². The van der Waals surface area contributed by atoms with E-state index in [2.05, 4.69) is 15.0 Å². The third-order valence-electron chi connectivity index (χ3n) is 6.44. The number of halogens is 2. The monoisotopic (exact) mass is 557 g/mol. The maximum atomic E-state index is 9.26. The first-order valence-corrected chi connectivity index (χ1v) is 12.5. The summed E-state index contributed by atoms with van der Waals surface area (Å²) in [5.74, 6) is 0.0923. The van der Waals surface area contributed by atoms with Gasteiger partial charge in [-0.1, -0.05) is 23.2 Å². The molecular formula is C26H25Cl2N5O5. The van der Waals surface area contributed by atoms with Gasteiger partial charge in [-0.05, 0) is 26.0 Å². The smallest absolute Gasteiger partial charge is 0.163 e. The molecule has 0 amide bonds. The minimum atomic E-state index is -0.841. The summed E-state index contributed by atoms with van der Waals surface area (Å²) in [6, 6.07) is 7.32. The van der Waals surface area contributed by atoms with Gasteiger partial charge in [0.1, 0.15) is 35.9 Å². The zero-order valence-electron chi connectivity index (χ0n) is 21.1. The van der Waals surface area contributed by atoms with Gasteiger partial charge in [0, 0.05) is 37.4 Å². The van der Waals surface area contributed by atoms with Crippen molar-refractivity contribution in [1.29, 1.82) is 5.26 Å². The van der Waals surface area contributed by atoms with Crippen LogP contribution in [0.25, 0.3) is 21.9 Å². The predicted octanol–water partition coefficient (Wildman–Crippen LogP) is 5.30. The molecule has 0 unspecified atom stereocenters. The molecule has 4 aromatic rings. The van der Waals surface area contributed by atoms with E-state index in [-0.39, 0.29) is 24.4 Å². The van der Waals surface area contributed by atoms with Crippen molar-refractivity contribution in [2.45, 2.75) is 44.5 Å². The van der Waals surface area contributed by atoms with Gasteiger partial charge in [-0.15, -0.1) is 0 Å². The number of pyridine rings is 1. The summed E-state index contributed by atoms with van der Waals surface area (Å²) in [6.07, 6.45) is 4.02. The highest BCUT2D eigenvalue weighted by Gasteiger charge is 2.41. The van der Waals surface area contributed by atoms with Crippen molar-refractivity contribution in [3.05, 3.63) is 52.7 Å². The van der Waals surface area contributed by atoms with Crippen molar-refractivity contribution in [2.75, 3.05) is 20.8 Å². The van der Waals surface area contributed by atoms with E-state index in [4.69, 9.17) is 46.9 Å². The van der Waals surface area contributed by atoms with Gasteiger partial charge in [0.15, 0.2) is 23.5 Å². The Morgan fingerprint density at radius 2 is 1.97 bits per heavy atom. The van der Waals surface area contributed by atoms with Gasteiger partial charge in [0.2, 0.25) is 0 Å². The standard InChI is InChI=1S/C26H25Cl2N5O5/c1-26(2,35-4)38-21-7-15(37-25(21)33-6-5-16-23(28)31-13-32-24(16)33)12-36-20-9-18-17(8-19(20)34-3)22(27)14(10-29)11-30-18/h5-6,8-9,11,13,15,21,25H,7,12H2,1-4H3/t15-,21+,25+/m0/s1. The molecule has 4 heterocycles. The number of nitriles is 1. The molecule has 12 heteroatoms. The van der Waals surface area contributed by atoms with Gasteiger partial charge in [0.05, 0.1) is 34.7 Å². The average Bonchev–Trinajstić information content (AvgIpc) is 3.51. The molecule has 3 aromatic heterocycles. The van der Waals surface area contributed by atoms with Crippen molar-refractivity contribution in [3.63, 3.8) is 0 Å². The highest BCUT2D eigenvalue weighted by atomic mass is 35.5. The molecule has 1 aliphatic heterocycles. The Hall–Kier alpha value is -3.20. The largest absolute Gasteiger partial charge is 0.493 e. The van der Waals surface area contributed by atoms with Crippen LogP contribution in [0.3, 0.4) is 0 Å². The van der Waals surface area contributed by atoms with Gasteiger partial charge in [-0.2, -0.15) is 5.26 Å². The van der Waals surface area contributed by atoms with Crippen LogP contribution in [0.5, 0.6) is 11.5 Å². The molecule has 1 fully saturated rings. The zero-order valence-corrected chi connectivity index (χ0v) is 22.7. The molecule has 0 spiro atoms. The minimum absolute atomic E-state index is 0.213. The van der Waals surface area contributed by atoms with Crippen LogP contribution < -0.4 is 9.47 Å². The highest BCUT2D eigenvalue weighted by Crippen LogP contribution is 2.39. The Kier molecular flexibility index (Phi) is 7.31. The van der Waals surface area contributed by atoms with Crippen LogP contribution in [0.1, 0.15) is 32.1 Å². The molecule has 198 valence electrons. The third kappa shape index (κ3) is 4.96. The Morgan fingerprint density at radius 3 is 2.71 bits per heavy atom. The zero-order chi connectivity index (χ0) is 27.0. The third-order valence-corrected chi connectivity index (χ3v) is 7.15. The quantitative estimate of drug-likeness (QED) is 0.210. The molecule has 0 bridgehead atoms. The minimum Gasteiger partial charge on any atom is -0.493 e. The van der Waals surface area contributed by atoms with Crippen LogP contribution in [0.4, 0.5) is 0 Å². The number of aromatic nitrogens is 4. The molecule has 5 rings (SSSR count). The number of hydrogen-bond donors (Lipinski definition) is 0. The molecular weight excluding hydrogens is 533 g/mol. The van der Waals surface area contributed by atoms with E-state index in [1.54, 1.807) is 19.2 Å². The van der Waals surface area contributed by atoms with Gasteiger partial charge >= 0.3 is 0 Å². The molecule has 0 N–H and O–H groups in total. The summed E-state index contributed by atoms with van der Waals surface area (Å²) >= 11 is 12.6. The summed E-state index contributed by atoms with van der Waals surface area (Å²) in [5.41, 5.74) is 1.50. The van der Waals surface area contributed by atoms with E-state index >= 15 is 0 Å². The second-order valence-corrected chi connectivity index (χ2v) is 9.93. The van der Waals surface area contributed by atoms with E-state index < -0.39 is 12.0 Å². The summed E-state index contributed by atoms with van der Waals surface area (Å²) in [5, 5.41) is 11.2. The van der Waals surface area contributed by atoms with E-state index in [1.807, 2.05) is 36.7 Å². The number of methoxy groups -OCH3 is 2. The molecule has 3 atom stereocenters. The van der Waals surface area contributed by atoms with Crippen molar-refractivity contribution < 1.29 is 23.7 Å². The maximum absolute atomic E-state index is 9.26. The van der Waals surface area contributed by atoms with Crippen LogP contribution in [-0.2, 0) is 14.2 Å². The topological polar surface area (TPSA) is 114 Å². The van der Waals surface area contributed by atoms with Gasteiger partial charge in [-0.25, -0.2) is 9.97 Å². The van der Waals surface area contributed by atoms with Crippen LogP contribution in [0.15, 0.2) is 36.9 Å². The lowest BCUT2D eigenvalue weighted by Crippen LogP contribution is -2.35. The first-order valence-electron chi connectivity index (χ1n) is 11.8. The van der Waals surface area contributed by atoms with Gasteiger partial charge in [0.25, 0.3) is 0 Å². The predicted molar refractivity (Wildman–Crippen MR) is 141 cm³/mol. The van der Waals surface area contributed by atoms with Crippen molar-refractivity contribution in [1.82, 2.24) is 19.5 Å². The lowest BCUT2D eigenvalue weighted by atomic mass is 10.1. The van der Waals surface area contributed by atoms with E-state index in [9.17, 15) is 5.26 Å². The van der Waals surface area contributed by atoms with Crippen molar-refractivity contribution in [2.24, 2.45) is 0 Å². The fourth-order valence-corrected chi connectivity index (χ4v) is 4.87. The number of hydrogen-bond acceptors (Lipinski definition) is 9. The highest BCUT2D eigenvalue weighted by molar-refractivity contribution is 6.36. The normalized spacial score (nSPS) is 19.7. The second-order valence-electron chi connectivity index (χ2n) is 9.20. The summed E-state index contributed by atoms with van der Waals surface area (Å²) in [4.78, 5) is 12.8. The van der Waals surface area contributed by atoms with Crippen LogP contribution in [-0.4, -0.2) is 58.3 Å². The van der Waals surface area contributed by atoms with Crippen molar-refractivity contribution >= 4 is 45.1 Å². The first-order chi connectivity index (χ1) is 18.2. The van der Waals surface area contributed by atoms with Crippen LogP contribution in [0, 0.1) is 11.3 Å². The van der Waals surface area contributed by atoms with Crippen LogP contribution in [0.2, 0.25) is 10.2 Å². The van der Waals surface area contributed by atoms with Gasteiger partial charge in [-0.3, -0.25) is 4.98 Å². The van der Waals surface area contributed by atoms with Gasteiger partial charge < -0.3 is 28.3 Å². The maximum Gasteiger partial charge on any atom is 0.163 e. The number of fused-ring (bicyclic) bond motifs is 2. The Balaban J connectivity index is 1.41. The summed E-state index contributed by atoms with van der Waals surface area (Å²) in [7, 11) is 3.13. The fourth-order valence-electron chi connectivity index (χ4n) is 4.43. The van der Waals surface area contributed by atoms with E-state index in [1.165, 1.54) is 19.6 Å². The molecule has 0 saturated carbocycles. The lowest BCUT2D eigenvalue weighted by molar-refractivity contribution is -0.237. The molecule has 1 aliphatic rings. The average molecular weight is 558 g/mol. The molecule has 1 saturated heterocycles. The second kappa shape index (κ2) is 10.5. The Labute approximate surface area is 229 Å². The number of benzene rings is 1. The van der Waals surface area contributed by atoms with Crippen molar-refractivity contribution in [3.8, 4) is 17.6 Å². The molecule has 0 aliphatic carbocycles. The summed E-state index contributed by atoms with van der Waals surface area (Å²) < 4.78 is 31.8. The number of ether oxygens (including phenoxy) is 5. The molecule has 1 aromatic carbocycles. The molecule has 0 radical (unpaired) electrons. The SMILES string of the molecule is COc1cc2c(Cl)c(C#N)cnc2cc1OC[C@@H]1C[C@@H](OC(C)(C)OC)[C@H](n2ccc3c(Cl)ncnc32)O1. The lowest BCUT2D eigenvalue weighted by Gasteiger charge is -2.30. The van der Waals surface area contributed by atoms with E-state index in [0.717, 1.165) is 0 Å². The molecule has 38 heavy (non-hydrogen) atoms. The first kappa shape index (κ1) is 26.4. The number of rotatable bonds is 8. The molecule has 10 nitrogen and oxygen atoms in total. The Bertz CT molecular complexity index is 1540. The Morgan fingerprint density at radius 1 is 1.16 bits per heavy atom. The fraction of sp³-hybridized carbons (Fsp3) is 0.385. The van der Waals surface area contributed by atoms with Crippen LogP contribution >= 0.6 is 23.2 Å². The summed E-state index contributed by atoms with van der Waals surface area (Å²) in [6.45, 7) is 3.90. The number of nitrogens with zero attached hydrogens (tertiary/aromatic N) is 5.